The zero-order valence-electron chi connectivity index (χ0n) is 13.0. The maximum Gasteiger partial charge on any atom is 0.315 e. The summed E-state index contributed by atoms with van der Waals surface area (Å²) < 4.78 is 5.93. The molecule has 0 aliphatic heterocycles. The van der Waals surface area contributed by atoms with Crippen LogP contribution in [0.5, 0.6) is 0 Å². The third kappa shape index (κ3) is 5.18. The molecule has 0 saturated heterocycles. The molecule has 6 heteroatoms. The Morgan fingerprint density at radius 2 is 1.82 bits per heavy atom. The van der Waals surface area contributed by atoms with E-state index in [-0.39, 0.29) is 17.8 Å². The Labute approximate surface area is 139 Å². The molecular formula is C16H21BrN2O3. The van der Waals surface area contributed by atoms with Gasteiger partial charge in [-0.25, -0.2) is 0 Å². The second kappa shape index (κ2) is 8.58. The summed E-state index contributed by atoms with van der Waals surface area (Å²) in [7, 11) is 0. The molecule has 0 bridgehead atoms. The fourth-order valence-corrected chi connectivity index (χ4v) is 2.20. The van der Waals surface area contributed by atoms with Gasteiger partial charge >= 0.3 is 5.97 Å². The van der Waals surface area contributed by atoms with E-state index in [9.17, 15) is 9.59 Å². The molecule has 0 aromatic heterocycles. The van der Waals surface area contributed by atoms with E-state index in [0.29, 0.717) is 17.9 Å². The van der Waals surface area contributed by atoms with E-state index in [1.165, 1.54) is 0 Å². The van der Waals surface area contributed by atoms with Crippen LogP contribution in [0.3, 0.4) is 0 Å². The van der Waals surface area contributed by atoms with Crippen molar-refractivity contribution in [3.05, 3.63) is 46.6 Å². The molecule has 0 aliphatic carbocycles. The maximum atomic E-state index is 12.0. The molecule has 1 aromatic carbocycles. The van der Waals surface area contributed by atoms with Crippen LogP contribution in [0.15, 0.2) is 41.0 Å². The summed E-state index contributed by atoms with van der Waals surface area (Å²) in [6.45, 7) is 9.67. The van der Waals surface area contributed by atoms with Crippen molar-refractivity contribution in [1.29, 1.82) is 0 Å². The lowest BCUT2D eigenvalue weighted by Crippen LogP contribution is -2.41. The van der Waals surface area contributed by atoms with E-state index in [2.05, 4.69) is 33.4 Å². The van der Waals surface area contributed by atoms with Crippen LogP contribution in [-0.4, -0.2) is 18.5 Å². The van der Waals surface area contributed by atoms with Crippen LogP contribution in [0.1, 0.15) is 31.1 Å². The van der Waals surface area contributed by atoms with Crippen LogP contribution in [0.25, 0.3) is 0 Å². The molecule has 0 unspecified atom stereocenters. The van der Waals surface area contributed by atoms with E-state index in [0.717, 1.165) is 4.47 Å². The number of halogens is 1. The Bertz CT molecular complexity index is 541. The summed E-state index contributed by atoms with van der Waals surface area (Å²) >= 11 is 3.31. The van der Waals surface area contributed by atoms with Crippen molar-refractivity contribution in [2.75, 3.05) is 6.61 Å². The molecule has 1 atom stereocenters. The highest BCUT2D eigenvalue weighted by atomic mass is 79.9. The van der Waals surface area contributed by atoms with Crippen LogP contribution in [0, 0.1) is 11.8 Å². The third-order valence-electron chi connectivity index (χ3n) is 3.03. The van der Waals surface area contributed by atoms with Crippen LogP contribution >= 0.6 is 15.9 Å². The van der Waals surface area contributed by atoms with Crippen LogP contribution in [0.2, 0.25) is 0 Å². The standard InChI is InChI=1S/C16H21BrN2O3/c1-5-22-16(21)14(10(2)3)11(4)18-19-15(20)12-6-8-13(17)9-7-12/h6-10,14,18H,4-5H2,1-3H3,(H,19,20)/t14-/m0/s1. The molecule has 0 fully saturated rings. The smallest absolute Gasteiger partial charge is 0.315 e. The fourth-order valence-electron chi connectivity index (χ4n) is 1.94. The predicted molar refractivity (Wildman–Crippen MR) is 88.8 cm³/mol. The minimum atomic E-state index is -0.523. The largest absolute Gasteiger partial charge is 0.465 e. The average Bonchev–Trinajstić information content (AvgIpc) is 2.45. The van der Waals surface area contributed by atoms with Crippen LogP contribution in [-0.2, 0) is 9.53 Å². The first kappa shape index (κ1) is 18.2. The second-order valence-electron chi connectivity index (χ2n) is 5.08. The lowest BCUT2D eigenvalue weighted by atomic mass is 9.93. The van der Waals surface area contributed by atoms with Gasteiger partial charge in [0.1, 0.15) is 0 Å². The first-order valence-electron chi connectivity index (χ1n) is 7.04. The number of esters is 1. The fraction of sp³-hybridized carbons (Fsp3) is 0.375. The number of hydrazine groups is 1. The van der Waals surface area contributed by atoms with Gasteiger partial charge in [0.2, 0.25) is 0 Å². The first-order chi connectivity index (χ1) is 10.4. The minimum absolute atomic E-state index is 0.00336. The minimum Gasteiger partial charge on any atom is -0.465 e. The Hall–Kier alpha value is -1.82. The van der Waals surface area contributed by atoms with Crippen molar-refractivity contribution >= 4 is 27.8 Å². The monoisotopic (exact) mass is 368 g/mol. The molecule has 22 heavy (non-hydrogen) atoms. The SMILES string of the molecule is C=C(NNC(=O)c1ccc(Br)cc1)[C@@H](C(=O)OCC)C(C)C. The highest BCUT2D eigenvalue weighted by Gasteiger charge is 2.27. The molecule has 1 amide bonds. The van der Waals surface area contributed by atoms with Crippen molar-refractivity contribution in [3.8, 4) is 0 Å². The zero-order valence-corrected chi connectivity index (χ0v) is 14.6. The average molecular weight is 369 g/mol. The number of hydrogen-bond donors (Lipinski definition) is 2. The normalized spacial score (nSPS) is 11.7. The summed E-state index contributed by atoms with van der Waals surface area (Å²) in [6, 6.07) is 6.93. The van der Waals surface area contributed by atoms with E-state index in [1.807, 2.05) is 13.8 Å². The summed E-state index contributed by atoms with van der Waals surface area (Å²) in [4.78, 5) is 23.9. The van der Waals surface area contributed by atoms with E-state index in [1.54, 1.807) is 31.2 Å². The number of benzene rings is 1. The molecule has 0 aliphatic rings. The summed E-state index contributed by atoms with van der Waals surface area (Å²) in [5.41, 5.74) is 6.15. The molecule has 0 saturated carbocycles. The number of nitrogens with one attached hydrogen (secondary N) is 2. The van der Waals surface area contributed by atoms with E-state index in [4.69, 9.17) is 4.74 Å². The number of carbonyl (C=O) groups is 2. The zero-order chi connectivity index (χ0) is 16.7. The predicted octanol–water partition coefficient (Wildman–Crippen LogP) is 3.03. The van der Waals surface area contributed by atoms with Gasteiger partial charge in [0.25, 0.3) is 5.91 Å². The summed E-state index contributed by atoms with van der Waals surface area (Å²) in [5, 5.41) is 0. The van der Waals surface area contributed by atoms with Gasteiger partial charge in [0.15, 0.2) is 0 Å². The Balaban J connectivity index is 2.64. The Morgan fingerprint density at radius 1 is 1.23 bits per heavy atom. The van der Waals surface area contributed by atoms with Crippen molar-refractivity contribution in [2.24, 2.45) is 11.8 Å². The van der Waals surface area contributed by atoms with Gasteiger partial charge in [-0.1, -0.05) is 36.4 Å². The van der Waals surface area contributed by atoms with Gasteiger partial charge in [-0.15, -0.1) is 0 Å². The van der Waals surface area contributed by atoms with Gasteiger partial charge in [0, 0.05) is 15.7 Å². The second-order valence-corrected chi connectivity index (χ2v) is 6.00. The van der Waals surface area contributed by atoms with Crippen molar-refractivity contribution in [2.45, 2.75) is 20.8 Å². The molecule has 0 spiro atoms. The quantitative estimate of drug-likeness (QED) is 0.573. The lowest BCUT2D eigenvalue weighted by molar-refractivity contribution is -0.148. The van der Waals surface area contributed by atoms with Crippen molar-refractivity contribution in [3.63, 3.8) is 0 Å². The third-order valence-corrected chi connectivity index (χ3v) is 3.55. The summed E-state index contributed by atoms with van der Waals surface area (Å²) in [5.74, 6) is -1.18. The van der Waals surface area contributed by atoms with Crippen molar-refractivity contribution < 1.29 is 14.3 Å². The van der Waals surface area contributed by atoms with Crippen LogP contribution in [0.4, 0.5) is 0 Å². The molecule has 2 N–H and O–H groups in total. The first-order valence-corrected chi connectivity index (χ1v) is 7.83. The molecule has 1 rings (SSSR count). The Kier molecular flexibility index (Phi) is 7.11. The molecule has 0 heterocycles. The molecule has 0 radical (unpaired) electrons. The number of hydrogen-bond acceptors (Lipinski definition) is 4. The highest BCUT2D eigenvalue weighted by Crippen LogP contribution is 2.19. The molecule has 5 nitrogen and oxygen atoms in total. The van der Waals surface area contributed by atoms with E-state index >= 15 is 0 Å². The van der Waals surface area contributed by atoms with Gasteiger partial charge < -0.3 is 10.2 Å². The number of carbonyl (C=O) groups excluding carboxylic acids is 2. The number of ether oxygens (including phenoxy) is 1. The Morgan fingerprint density at radius 3 is 2.32 bits per heavy atom. The number of amides is 1. The molecule has 120 valence electrons. The van der Waals surface area contributed by atoms with Gasteiger partial charge in [-0.3, -0.25) is 15.0 Å². The van der Waals surface area contributed by atoms with Gasteiger partial charge in [0.05, 0.1) is 12.5 Å². The molecular weight excluding hydrogens is 348 g/mol. The van der Waals surface area contributed by atoms with Crippen molar-refractivity contribution in [1.82, 2.24) is 10.9 Å². The van der Waals surface area contributed by atoms with E-state index < -0.39 is 5.92 Å². The van der Waals surface area contributed by atoms with Gasteiger partial charge in [-0.2, -0.15) is 0 Å². The topological polar surface area (TPSA) is 67.4 Å². The van der Waals surface area contributed by atoms with Crippen LogP contribution < -0.4 is 10.9 Å². The number of rotatable bonds is 7. The lowest BCUT2D eigenvalue weighted by Gasteiger charge is -2.22. The highest BCUT2D eigenvalue weighted by molar-refractivity contribution is 9.10. The van der Waals surface area contributed by atoms with Gasteiger partial charge in [-0.05, 0) is 37.1 Å². The maximum absolute atomic E-state index is 12.0. The molecule has 1 aromatic rings. The summed E-state index contributed by atoms with van der Waals surface area (Å²) in [6.07, 6.45) is 0.